The third-order valence-corrected chi connectivity index (χ3v) is 6.72. The van der Waals surface area contributed by atoms with Crippen LogP contribution in [0.1, 0.15) is 82.6 Å². The van der Waals surface area contributed by atoms with Crippen LogP contribution >= 0.6 is 11.6 Å². The molecule has 0 atom stereocenters. The van der Waals surface area contributed by atoms with Gasteiger partial charge in [-0.3, -0.25) is 0 Å². The van der Waals surface area contributed by atoms with Gasteiger partial charge in [-0.15, -0.1) is 0 Å². The van der Waals surface area contributed by atoms with Crippen molar-refractivity contribution in [2.45, 2.75) is 77.0 Å². The van der Waals surface area contributed by atoms with Gasteiger partial charge in [-0.25, -0.2) is 0 Å². The molecule has 2 aliphatic carbocycles. The van der Waals surface area contributed by atoms with E-state index < -0.39 is 0 Å². The van der Waals surface area contributed by atoms with Crippen molar-refractivity contribution in [3.05, 3.63) is 34.9 Å². The molecule has 122 valence electrons. The highest BCUT2D eigenvalue weighted by atomic mass is 35.5. The monoisotopic (exact) mass is 318 g/mol. The zero-order valence-corrected chi connectivity index (χ0v) is 14.8. The molecule has 0 saturated heterocycles. The lowest BCUT2D eigenvalue weighted by Crippen LogP contribution is -2.25. The van der Waals surface area contributed by atoms with Crippen LogP contribution in [-0.4, -0.2) is 0 Å². The van der Waals surface area contributed by atoms with Crippen LogP contribution in [0, 0.1) is 17.8 Å². The van der Waals surface area contributed by atoms with Gasteiger partial charge in [0, 0.05) is 5.02 Å². The molecule has 1 aromatic carbocycles. The SMILES string of the molecule is CCCC1CCC(C2CCC(c3ccccc3Cl)CC2)CC1. The van der Waals surface area contributed by atoms with Crippen molar-refractivity contribution in [1.82, 2.24) is 0 Å². The lowest BCUT2D eigenvalue weighted by molar-refractivity contribution is 0.156. The summed E-state index contributed by atoms with van der Waals surface area (Å²) in [7, 11) is 0. The van der Waals surface area contributed by atoms with Crippen LogP contribution in [0.5, 0.6) is 0 Å². The topological polar surface area (TPSA) is 0 Å². The molecule has 0 amide bonds. The second-order valence-electron chi connectivity index (χ2n) is 7.70. The Bertz CT molecular complexity index is 451. The van der Waals surface area contributed by atoms with E-state index >= 15 is 0 Å². The van der Waals surface area contributed by atoms with Crippen LogP contribution in [0.2, 0.25) is 5.02 Å². The van der Waals surface area contributed by atoms with Crippen LogP contribution < -0.4 is 0 Å². The van der Waals surface area contributed by atoms with Gasteiger partial charge < -0.3 is 0 Å². The van der Waals surface area contributed by atoms with E-state index in [0.717, 1.165) is 22.8 Å². The lowest BCUT2D eigenvalue weighted by Gasteiger charge is -2.38. The van der Waals surface area contributed by atoms with E-state index in [4.69, 9.17) is 11.6 Å². The van der Waals surface area contributed by atoms with E-state index in [1.807, 2.05) is 6.07 Å². The summed E-state index contributed by atoms with van der Waals surface area (Å²) in [4.78, 5) is 0. The van der Waals surface area contributed by atoms with Crippen molar-refractivity contribution in [3.63, 3.8) is 0 Å². The Morgan fingerprint density at radius 2 is 1.45 bits per heavy atom. The molecule has 0 aliphatic heterocycles. The average Bonchev–Trinajstić information content (AvgIpc) is 2.57. The molecule has 0 heterocycles. The Morgan fingerprint density at radius 3 is 2.05 bits per heavy atom. The Hall–Kier alpha value is -0.490. The first kappa shape index (κ1) is 16.4. The molecule has 0 nitrogen and oxygen atoms in total. The maximum Gasteiger partial charge on any atom is 0.0440 e. The highest BCUT2D eigenvalue weighted by molar-refractivity contribution is 6.31. The van der Waals surface area contributed by atoms with Gasteiger partial charge in [-0.2, -0.15) is 0 Å². The van der Waals surface area contributed by atoms with E-state index in [9.17, 15) is 0 Å². The first-order valence-corrected chi connectivity index (χ1v) is 9.90. The molecule has 0 unspecified atom stereocenters. The van der Waals surface area contributed by atoms with Crippen LogP contribution in [0.25, 0.3) is 0 Å². The van der Waals surface area contributed by atoms with Gasteiger partial charge in [-0.05, 0) is 73.8 Å². The van der Waals surface area contributed by atoms with Crippen molar-refractivity contribution in [1.29, 1.82) is 0 Å². The molecule has 1 heteroatoms. The molecule has 0 bridgehead atoms. The molecule has 2 saturated carbocycles. The van der Waals surface area contributed by atoms with Gasteiger partial charge in [0.1, 0.15) is 0 Å². The van der Waals surface area contributed by atoms with Crippen molar-refractivity contribution >= 4 is 11.6 Å². The Morgan fingerprint density at radius 1 is 0.864 bits per heavy atom. The zero-order chi connectivity index (χ0) is 15.4. The standard InChI is InChI=1S/C21H31Cl/c1-2-5-16-8-10-17(11-9-16)18-12-14-19(15-13-18)20-6-3-4-7-21(20)22/h3-4,6-7,16-19H,2,5,8-15H2,1H3. The van der Waals surface area contributed by atoms with Gasteiger partial charge in [0.15, 0.2) is 0 Å². The normalized spacial score (nSPS) is 32.8. The van der Waals surface area contributed by atoms with Crippen molar-refractivity contribution in [3.8, 4) is 0 Å². The molecule has 0 spiro atoms. The van der Waals surface area contributed by atoms with Gasteiger partial charge >= 0.3 is 0 Å². The molecular formula is C21H31Cl. The fourth-order valence-electron chi connectivity index (χ4n) is 5.06. The molecule has 0 radical (unpaired) electrons. The van der Waals surface area contributed by atoms with E-state index in [2.05, 4.69) is 25.1 Å². The third-order valence-electron chi connectivity index (χ3n) is 6.37. The fourth-order valence-corrected chi connectivity index (χ4v) is 5.35. The van der Waals surface area contributed by atoms with Gasteiger partial charge in [0.05, 0.1) is 0 Å². The van der Waals surface area contributed by atoms with Gasteiger partial charge in [0.2, 0.25) is 0 Å². The van der Waals surface area contributed by atoms with Crippen molar-refractivity contribution in [2.75, 3.05) is 0 Å². The second-order valence-corrected chi connectivity index (χ2v) is 8.11. The number of hydrogen-bond acceptors (Lipinski definition) is 0. The number of halogens is 1. The summed E-state index contributed by atoms with van der Waals surface area (Å²) in [6.07, 6.45) is 14.4. The minimum absolute atomic E-state index is 0.710. The molecule has 3 rings (SSSR count). The lowest BCUT2D eigenvalue weighted by atomic mass is 9.68. The Labute approximate surface area is 141 Å². The number of rotatable bonds is 4. The van der Waals surface area contributed by atoms with Crippen molar-refractivity contribution in [2.24, 2.45) is 17.8 Å². The first-order valence-electron chi connectivity index (χ1n) is 9.52. The molecule has 0 aromatic heterocycles. The van der Waals surface area contributed by atoms with E-state index in [1.54, 1.807) is 0 Å². The van der Waals surface area contributed by atoms with Gasteiger partial charge in [0.25, 0.3) is 0 Å². The summed E-state index contributed by atoms with van der Waals surface area (Å²) in [6.45, 7) is 2.34. The van der Waals surface area contributed by atoms with Crippen molar-refractivity contribution < 1.29 is 0 Å². The Balaban J connectivity index is 1.49. The molecular weight excluding hydrogens is 288 g/mol. The molecule has 2 aliphatic rings. The molecule has 1 aromatic rings. The quantitative estimate of drug-likeness (QED) is 0.549. The minimum atomic E-state index is 0.710. The summed E-state index contributed by atoms with van der Waals surface area (Å²) in [6, 6.07) is 8.48. The summed E-state index contributed by atoms with van der Waals surface area (Å²) in [5, 5.41) is 0.978. The van der Waals surface area contributed by atoms with Crippen LogP contribution in [0.3, 0.4) is 0 Å². The predicted octanol–water partition coefficient (Wildman–Crippen LogP) is 7.22. The predicted molar refractivity (Wildman–Crippen MR) is 96.5 cm³/mol. The largest absolute Gasteiger partial charge is 0.0840 e. The highest BCUT2D eigenvalue weighted by Gasteiger charge is 2.31. The highest BCUT2D eigenvalue weighted by Crippen LogP contribution is 2.45. The summed E-state index contributed by atoms with van der Waals surface area (Å²) in [5.74, 6) is 3.78. The maximum absolute atomic E-state index is 6.39. The third kappa shape index (κ3) is 3.88. The second kappa shape index (κ2) is 7.86. The number of hydrogen-bond donors (Lipinski definition) is 0. The molecule has 22 heavy (non-hydrogen) atoms. The minimum Gasteiger partial charge on any atom is -0.0840 e. The maximum atomic E-state index is 6.39. The van der Waals surface area contributed by atoms with Crippen LogP contribution in [-0.2, 0) is 0 Å². The molecule has 0 N–H and O–H groups in total. The summed E-state index contributed by atoms with van der Waals surface area (Å²) < 4.78 is 0. The fraction of sp³-hybridized carbons (Fsp3) is 0.714. The summed E-state index contributed by atoms with van der Waals surface area (Å²) >= 11 is 6.39. The smallest absolute Gasteiger partial charge is 0.0440 e. The van der Waals surface area contributed by atoms with Crippen LogP contribution in [0.4, 0.5) is 0 Å². The van der Waals surface area contributed by atoms with Gasteiger partial charge in [-0.1, -0.05) is 62.4 Å². The Kier molecular flexibility index (Phi) is 5.85. The number of benzene rings is 1. The summed E-state index contributed by atoms with van der Waals surface area (Å²) in [5.41, 5.74) is 1.40. The average molecular weight is 319 g/mol. The van der Waals surface area contributed by atoms with Crippen LogP contribution in [0.15, 0.2) is 24.3 Å². The zero-order valence-electron chi connectivity index (χ0n) is 14.1. The van der Waals surface area contributed by atoms with E-state index in [0.29, 0.717) is 5.92 Å². The van der Waals surface area contributed by atoms with E-state index in [1.165, 1.54) is 69.8 Å². The first-order chi connectivity index (χ1) is 10.8. The van der Waals surface area contributed by atoms with E-state index in [-0.39, 0.29) is 0 Å². The molecule has 2 fully saturated rings.